The lowest BCUT2D eigenvalue weighted by Crippen LogP contribution is -2.12. The molecule has 0 spiro atoms. The van der Waals surface area contributed by atoms with Crippen LogP contribution in [0.1, 0.15) is 52.8 Å². The zero-order valence-electron chi connectivity index (χ0n) is 18.7. The Balaban J connectivity index is 1.62. The van der Waals surface area contributed by atoms with E-state index >= 15 is 0 Å². The average molecular weight is 528 g/mol. The van der Waals surface area contributed by atoms with E-state index in [1.807, 2.05) is 79.0 Å². The maximum absolute atomic E-state index is 14.1. The number of imidazole rings is 1. The van der Waals surface area contributed by atoms with E-state index in [2.05, 4.69) is 9.97 Å². The number of hydrogen-bond acceptors (Lipinski definition) is 3. The summed E-state index contributed by atoms with van der Waals surface area (Å²) in [4.78, 5) is 8.86. The van der Waals surface area contributed by atoms with Gasteiger partial charge in [-0.15, -0.1) is 11.3 Å². The molecule has 0 N–H and O–H groups in total. The third-order valence-corrected chi connectivity index (χ3v) is 7.40. The number of thiazole rings is 1. The highest BCUT2D eigenvalue weighted by Gasteiger charge is 2.25. The molecule has 0 aliphatic heterocycles. The van der Waals surface area contributed by atoms with Crippen molar-refractivity contribution in [2.45, 2.75) is 31.7 Å². The Morgan fingerprint density at radius 1 is 0.914 bits per heavy atom. The highest BCUT2D eigenvalue weighted by atomic mass is 35.5. The molecule has 0 amide bonds. The highest BCUT2D eigenvalue weighted by Crippen LogP contribution is 2.37. The minimum atomic E-state index is -2.69. The number of nitrogens with zero attached hydrogens (tertiary/aromatic N) is 3. The van der Waals surface area contributed by atoms with Gasteiger partial charge in [-0.25, -0.2) is 18.7 Å². The molecule has 5 aromatic rings. The van der Waals surface area contributed by atoms with Crippen LogP contribution < -0.4 is 0 Å². The Kier molecular flexibility index (Phi) is 6.87. The molecule has 5 rings (SSSR count). The highest BCUT2D eigenvalue weighted by molar-refractivity contribution is 7.09. The topological polar surface area (TPSA) is 30.7 Å². The normalized spacial score (nSPS) is 13.4. The zero-order valence-corrected chi connectivity index (χ0v) is 21.0. The van der Waals surface area contributed by atoms with Crippen LogP contribution in [0.25, 0.3) is 11.0 Å². The fourth-order valence-electron chi connectivity index (χ4n) is 4.49. The van der Waals surface area contributed by atoms with E-state index in [1.54, 1.807) is 22.1 Å². The Bertz CT molecular complexity index is 1430. The third kappa shape index (κ3) is 4.96. The first-order valence-electron chi connectivity index (χ1n) is 11.1. The minimum absolute atomic E-state index is 0.151. The standard InChI is InChI=1S/C27H21Cl2F2N3S/c1-16(14-17-2-7-20(28)8-3-17)34-23-15-19(6-11-22(23)33-26(34)25(30)31)24(27-32-12-13-35-27)18-4-9-21(29)10-5-18/h2-13,15-16,24-25H,14H2,1H3. The van der Waals surface area contributed by atoms with Gasteiger partial charge in [0.1, 0.15) is 5.01 Å². The molecular weight excluding hydrogens is 507 g/mol. The lowest BCUT2D eigenvalue weighted by Gasteiger charge is -2.20. The van der Waals surface area contributed by atoms with Crippen molar-refractivity contribution in [3.05, 3.63) is 116 Å². The van der Waals surface area contributed by atoms with Gasteiger partial charge in [0.2, 0.25) is 0 Å². The molecule has 0 saturated carbocycles. The molecule has 0 saturated heterocycles. The maximum atomic E-state index is 14.1. The van der Waals surface area contributed by atoms with E-state index in [-0.39, 0.29) is 17.8 Å². The van der Waals surface area contributed by atoms with Crippen molar-refractivity contribution in [3.8, 4) is 0 Å². The van der Waals surface area contributed by atoms with Crippen molar-refractivity contribution in [3.63, 3.8) is 0 Å². The van der Waals surface area contributed by atoms with Crippen LogP contribution in [-0.4, -0.2) is 14.5 Å². The van der Waals surface area contributed by atoms with E-state index < -0.39 is 6.43 Å². The van der Waals surface area contributed by atoms with E-state index in [0.29, 0.717) is 27.5 Å². The predicted molar refractivity (Wildman–Crippen MR) is 139 cm³/mol. The van der Waals surface area contributed by atoms with Gasteiger partial charge < -0.3 is 4.57 Å². The van der Waals surface area contributed by atoms with Crippen molar-refractivity contribution in [1.82, 2.24) is 14.5 Å². The quantitative estimate of drug-likeness (QED) is 0.212. The number of rotatable bonds is 7. The molecule has 0 fully saturated rings. The smallest absolute Gasteiger partial charge is 0.295 e. The second-order valence-corrected chi connectivity index (χ2v) is 10.2. The van der Waals surface area contributed by atoms with E-state index in [4.69, 9.17) is 23.2 Å². The van der Waals surface area contributed by atoms with Gasteiger partial charge in [0.25, 0.3) is 6.43 Å². The van der Waals surface area contributed by atoms with Crippen LogP contribution in [0.5, 0.6) is 0 Å². The first kappa shape index (κ1) is 23.9. The second kappa shape index (κ2) is 10.1. The van der Waals surface area contributed by atoms with Crippen molar-refractivity contribution in [2.24, 2.45) is 0 Å². The van der Waals surface area contributed by atoms with Crippen LogP contribution in [0.15, 0.2) is 78.3 Å². The number of halogens is 4. The molecule has 2 atom stereocenters. The molecule has 2 unspecified atom stereocenters. The summed E-state index contributed by atoms with van der Waals surface area (Å²) >= 11 is 13.7. The lowest BCUT2D eigenvalue weighted by atomic mass is 9.91. The fourth-order valence-corrected chi connectivity index (χ4v) is 5.53. The monoisotopic (exact) mass is 527 g/mol. The first-order valence-corrected chi connectivity index (χ1v) is 12.7. The van der Waals surface area contributed by atoms with Gasteiger partial charge in [-0.1, -0.05) is 53.5 Å². The Labute approximate surface area is 216 Å². The van der Waals surface area contributed by atoms with Crippen molar-refractivity contribution < 1.29 is 8.78 Å². The summed E-state index contributed by atoms with van der Waals surface area (Å²) < 4.78 is 29.8. The van der Waals surface area contributed by atoms with Crippen LogP contribution in [0.2, 0.25) is 10.0 Å². The molecule has 0 aliphatic rings. The summed E-state index contributed by atoms with van der Waals surface area (Å²) in [6.07, 6.45) is -0.349. The molecule has 35 heavy (non-hydrogen) atoms. The molecule has 0 bridgehead atoms. The van der Waals surface area contributed by atoms with Crippen LogP contribution in [0, 0.1) is 0 Å². The number of aromatic nitrogens is 3. The molecule has 0 radical (unpaired) electrons. The largest absolute Gasteiger partial charge is 0.320 e. The summed E-state index contributed by atoms with van der Waals surface area (Å²) in [5.74, 6) is -0.377. The summed E-state index contributed by atoms with van der Waals surface area (Å²) in [7, 11) is 0. The summed E-state index contributed by atoms with van der Waals surface area (Å²) in [5, 5.41) is 4.14. The SMILES string of the molecule is CC(Cc1ccc(Cl)cc1)n1c(C(F)F)nc2ccc(C(c3ccc(Cl)cc3)c3nccs3)cc21. The summed E-state index contributed by atoms with van der Waals surface area (Å²) in [5.41, 5.74) is 4.21. The molecule has 2 aromatic heterocycles. The van der Waals surface area contributed by atoms with Crippen molar-refractivity contribution in [1.29, 1.82) is 0 Å². The van der Waals surface area contributed by atoms with Crippen LogP contribution in [0.4, 0.5) is 8.78 Å². The predicted octanol–water partition coefficient (Wildman–Crippen LogP) is 8.72. The lowest BCUT2D eigenvalue weighted by molar-refractivity contribution is 0.134. The number of benzene rings is 3. The van der Waals surface area contributed by atoms with Crippen molar-refractivity contribution in [2.75, 3.05) is 0 Å². The average Bonchev–Trinajstić information content (AvgIpc) is 3.50. The Morgan fingerprint density at radius 2 is 1.57 bits per heavy atom. The molecular formula is C27H21Cl2F2N3S. The molecule has 178 valence electrons. The van der Waals surface area contributed by atoms with Gasteiger partial charge in [-0.3, -0.25) is 0 Å². The van der Waals surface area contributed by atoms with Gasteiger partial charge in [0, 0.05) is 27.7 Å². The van der Waals surface area contributed by atoms with Crippen LogP contribution in [0.3, 0.4) is 0 Å². The fraction of sp³-hybridized carbons (Fsp3) is 0.185. The molecule has 8 heteroatoms. The van der Waals surface area contributed by atoms with Gasteiger partial charge in [-0.05, 0) is 66.4 Å². The minimum Gasteiger partial charge on any atom is -0.320 e. The molecule has 3 aromatic carbocycles. The van der Waals surface area contributed by atoms with E-state index in [1.165, 1.54) is 0 Å². The van der Waals surface area contributed by atoms with Crippen molar-refractivity contribution >= 4 is 45.6 Å². The molecule has 3 nitrogen and oxygen atoms in total. The Hall–Kier alpha value is -2.80. The van der Waals surface area contributed by atoms with Crippen LogP contribution in [-0.2, 0) is 6.42 Å². The van der Waals surface area contributed by atoms with Gasteiger partial charge in [0.05, 0.1) is 17.0 Å². The maximum Gasteiger partial charge on any atom is 0.295 e. The van der Waals surface area contributed by atoms with Crippen LogP contribution >= 0.6 is 34.5 Å². The number of fused-ring (bicyclic) bond motifs is 1. The molecule has 2 heterocycles. The number of alkyl halides is 2. The number of hydrogen-bond donors (Lipinski definition) is 0. The van der Waals surface area contributed by atoms with E-state index in [9.17, 15) is 8.78 Å². The summed E-state index contributed by atoms with van der Waals surface area (Å²) in [6, 6.07) is 20.6. The Morgan fingerprint density at radius 3 is 2.20 bits per heavy atom. The first-order chi connectivity index (χ1) is 16.9. The molecule has 0 aliphatic carbocycles. The summed E-state index contributed by atoms with van der Waals surface area (Å²) in [6.45, 7) is 1.94. The van der Waals surface area contributed by atoms with E-state index in [0.717, 1.165) is 21.7 Å². The second-order valence-electron chi connectivity index (χ2n) is 8.42. The zero-order chi connectivity index (χ0) is 24.5. The van der Waals surface area contributed by atoms with Gasteiger partial charge in [-0.2, -0.15) is 0 Å². The third-order valence-electron chi connectivity index (χ3n) is 6.06. The van der Waals surface area contributed by atoms with Gasteiger partial charge in [0.15, 0.2) is 5.82 Å². The van der Waals surface area contributed by atoms with Gasteiger partial charge >= 0.3 is 0 Å².